The molecule has 0 N–H and O–H groups in total. The van der Waals surface area contributed by atoms with Crippen molar-refractivity contribution in [3.05, 3.63) is 70.9 Å². The maximum atomic E-state index is 13.9. The first-order chi connectivity index (χ1) is 13.5. The number of amides is 1. The van der Waals surface area contributed by atoms with Gasteiger partial charge in [0.15, 0.2) is 0 Å². The molecule has 142 valence electrons. The van der Waals surface area contributed by atoms with Crippen molar-refractivity contribution in [1.29, 1.82) is 0 Å². The third kappa shape index (κ3) is 2.63. The van der Waals surface area contributed by atoms with Crippen LogP contribution in [-0.2, 0) is 0 Å². The number of benzene rings is 2. The number of carbonyl (C=O) groups is 1. The van der Waals surface area contributed by atoms with Crippen molar-refractivity contribution < 1.29 is 4.79 Å². The molecule has 1 fully saturated rings. The van der Waals surface area contributed by atoms with Crippen LogP contribution in [0.4, 0.5) is 5.69 Å². The Kier molecular flexibility index (Phi) is 3.98. The predicted molar refractivity (Wildman–Crippen MR) is 113 cm³/mol. The molecule has 0 saturated carbocycles. The van der Waals surface area contributed by atoms with E-state index in [0.29, 0.717) is 5.92 Å². The lowest BCUT2D eigenvalue weighted by Crippen LogP contribution is -2.47. The minimum Gasteiger partial charge on any atom is -0.306 e. The van der Waals surface area contributed by atoms with Gasteiger partial charge in [-0.05, 0) is 57.6 Å². The predicted octanol–water partition coefficient (Wildman–Crippen LogP) is 4.30. The Morgan fingerprint density at radius 1 is 1.11 bits per heavy atom. The van der Waals surface area contributed by atoms with Crippen molar-refractivity contribution in [1.82, 2.24) is 9.88 Å². The molecule has 2 atom stereocenters. The van der Waals surface area contributed by atoms with Crippen LogP contribution in [0.3, 0.4) is 0 Å². The average Bonchev–Trinajstić information content (AvgIpc) is 2.99. The van der Waals surface area contributed by atoms with E-state index in [2.05, 4.69) is 47.0 Å². The molecule has 2 aliphatic rings. The van der Waals surface area contributed by atoms with Crippen LogP contribution in [0.2, 0.25) is 0 Å². The highest BCUT2D eigenvalue weighted by molar-refractivity contribution is 6.15. The van der Waals surface area contributed by atoms with Gasteiger partial charge in [-0.2, -0.15) is 0 Å². The summed E-state index contributed by atoms with van der Waals surface area (Å²) in [5.41, 5.74) is 6.18. The largest absolute Gasteiger partial charge is 0.306 e. The zero-order chi connectivity index (χ0) is 19.4. The van der Waals surface area contributed by atoms with Gasteiger partial charge in [0, 0.05) is 35.3 Å². The number of aromatic nitrogens is 1. The Morgan fingerprint density at radius 3 is 2.79 bits per heavy atom. The monoisotopic (exact) mass is 371 g/mol. The molecule has 5 rings (SSSR count). The van der Waals surface area contributed by atoms with Gasteiger partial charge in [-0.25, -0.2) is 0 Å². The number of likely N-dealkylation sites (N-methyl/N-ethyl adjacent to an activating group) is 1. The van der Waals surface area contributed by atoms with Gasteiger partial charge in [-0.3, -0.25) is 9.78 Å². The molecule has 0 bridgehead atoms. The van der Waals surface area contributed by atoms with E-state index < -0.39 is 0 Å². The quantitative estimate of drug-likeness (QED) is 0.640. The van der Waals surface area contributed by atoms with Gasteiger partial charge in [0.25, 0.3) is 5.91 Å². The van der Waals surface area contributed by atoms with Crippen molar-refractivity contribution in [2.45, 2.75) is 32.2 Å². The summed E-state index contributed by atoms with van der Waals surface area (Å²) in [6.45, 7) is 6.12. The highest BCUT2D eigenvalue weighted by atomic mass is 16.2. The number of fused-ring (bicyclic) bond motifs is 4. The number of piperidine rings is 1. The number of nitrogens with zero attached hydrogens (tertiary/aromatic N) is 3. The van der Waals surface area contributed by atoms with Gasteiger partial charge in [-0.15, -0.1) is 0 Å². The molecule has 1 saturated heterocycles. The third-order valence-corrected chi connectivity index (χ3v) is 6.25. The lowest BCUT2D eigenvalue weighted by atomic mass is 9.88. The van der Waals surface area contributed by atoms with Crippen molar-refractivity contribution in [2.24, 2.45) is 0 Å². The van der Waals surface area contributed by atoms with E-state index in [1.165, 1.54) is 11.1 Å². The molecule has 28 heavy (non-hydrogen) atoms. The second kappa shape index (κ2) is 6.42. The molecule has 1 amide bonds. The van der Waals surface area contributed by atoms with Crippen molar-refractivity contribution in [3.63, 3.8) is 0 Å². The number of rotatable bonds is 1. The fourth-order valence-electron chi connectivity index (χ4n) is 4.96. The molecule has 2 aromatic carbocycles. The van der Waals surface area contributed by atoms with E-state index in [0.717, 1.165) is 47.4 Å². The van der Waals surface area contributed by atoms with E-state index in [4.69, 9.17) is 0 Å². The fraction of sp³-hybridized carbons (Fsp3) is 0.333. The van der Waals surface area contributed by atoms with Gasteiger partial charge in [0.05, 0.1) is 11.1 Å². The van der Waals surface area contributed by atoms with Crippen LogP contribution in [0.15, 0.2) is 48.5 Å². The maximum Gasteiger partial charge on any atom is 0.259 e. The first-order valence-electron chi connectivity index (χ1n) is 10.0. The lowest BCUT2D eigenvalue weighted by molar-refractivity contribution is 0.0966. The van der Waals surface area contributed by atoms with Crippen LogP contribution in [0.5, 0.6) is 0 Å². The number of aryl methyl sites for hydroxylation is 2. The van der Waals surface area contributed by atoms with Gasteiger partial charge in [-0.1, -0.05) is 35.9 Å². The van der Waals surface area contributed by atoms with E-state index in [1.54, 1.807) is 0 Å². The first kappa shape index (κ1) is 17.4. The smallest absolute Gasteiger partial charge is 0.259 e. The molecule has 0 aliphatic carbocycles. The number of anilines is 1. The van der Waals surface area contributed by atoms with E-state index in [9.17, 15) is 4.79 Å². The molecule has 3 heterocycles. The Morgan fingerprint density at radius 2 is 1.93 bits per heavy atom. The van der Waals surface area contributed by atoms with Gasteiger partial charge in [0.2, 0.25) is 0 Å². The van der Waals surface area contributed by atoms with E-state index in [1.807, 2.05) is 37.3 Å². The lowest BCUT2D eigenvalue weighted by Gasteiger charge is -2.36. The Hall–Kier alpha value is -2.72. The highest BCUT2D eigenvalue weighted by Gasteiger charge is 2.44. The first-order valence-corrected chi connectivity index (χ1v) is 10.0. The third-order valence-electron chi connectivity index (χ3n) is 6.25. The maximum absolute atomic E-state index is 13.9. The van der Waals surface area contributed by atoms with Crippen LogP contribution >= 0.6 is 0 Å². The van der Waals surface area contributed by atoms with Gasteiger partial charge in [0.1, 0.15) is 0 Å². The van der Waals surface area contributed by atoms with E-state index >= 15 is 0 Å². The molecule has 4 nitrogen and oxygen atoms in total. The summed E-state index contributed by atoms with van der Waals surface area (Å²) in [4.78, 5) is 23.0. The van der Waals surface area contributed by atoms with Crippen LogP contribution in [-0.4, -0.2) is 42.0 Å². The summed E-state index contributed by atoms with van der Waals surface area (Å²) in [7, 11) is 2.18. The van der Waals surface area contributed by atoms with Crippen molar-refractivity contribution in [2.75, 3.05) is 25.0 Å². The fourth-order valence-corrected chi connectivity index (χ4v) is 4.96. The van der Waals surface area contributed by atoms with Crippen molar-refractivity contribution >= 4 is 22.5 Å². The van der Waals surface area contributed by atoms with Crippen LogP contribution < -0.4 is 4.90 Å². The molecular formula is C24H25N3O. The van der Waals surface area contributed by atoms with Gasteiger partial charge >= 0.3 is 0 Å². The van der Waals surface area contributed by atoms with Crippen LogP contribution in [0, 0.1) is 13.8 Å². The molecule has 1 aromatic heterocycles. The normalized spacial score (nSPS) is 21.6. The van der Waals surface area contributed by atoms with Crippen LogP contribution in [0.25, 0.3) is 10.9 Å². The molecule has 4 heteroatoms. The highest BCUT2D eigenvalue weighted by Crippen LogP contribution is 2.45. The van der Waals surface area contributed by atoms with E-state index in [-0.39, 0.29) is 11.9 Å². The minimum absolute atomic E-state index is 0.101. The summed E-state index contributed by atoms with van der Waals surface area (Å²) < 4.78 is 0. The summed E-state index contributed by atoms with van der Waals surface area (Å²) in [5, 5.41) is 0.933. The molecule has 0 spiro atoms. The standard InChI is InChI=1S/C24H25N3O/c1-15-8-9-22-18(12-15)20-14-26(3)11-10-23(20)27(22)24(28)19-13-16(2)25-21-7-5-4-6-17(19)21/h4-9,12-13,20,23H,10-11,14H2,1-3H3/t20-,23-/m0/s1. The Bertz CT molecular complexity index is 1090. The topological polar surface area (TPSA) is 36.4 Å². The second-order valence-electron chi connectivity index (χ2n) is 8.29. The number of likely N-dealkylation sites (tertiary alicyclic amines) is 1. The second-order valence-corrected chi connectivity index (χ2v) is 8.29. The molecular weight excluding hydrogens is 346 g/mol. The minimum atomic E-state index is 0.101. The summed E-state index contributed by atoms with van der Waals surface area (Å²) in [6, 6.07) is 16.7. The average molecular weight is 371 g/mol. The SMILES string of the molecule is Cc1ccc2c(c1)[C@@H]1CN(C)CC[C@@H]1N2C(=O)c1cc(C)nc2ccccc12. The summed E-state index contributed by atoms with van der Waals surface area (Å²) in [6.07, 6.45) is 1.00. The summed E-state index contributed by atoms with van der Waals surface area (Å²) >= 11 is 0. The molecule has 0 unspecified atom stereocenters. The van der Waals surface area contributed by atoms with Gasteiger partial charge < -0.3 is 9.80 Å². The number of hydrogen-bond acceptors (Lipinski definition) is 3. The number of para-hydroxylation sites is 1. The number of hydrogen-bond donors (Lipinski definition) is 0. The molecule has 0 radical (unpaired) electrons. The zero-order valence-corrected chi connectivity index (χ0v) is 16.6. The molecule has 2 aliphatic heterocycles. The molecule has 3 aromatic rings. The Balaban J connectivity index is 1.66. The van der Waals surface area contributed by atoms with Crippen LogP contribution in [0.1, 0.15) is 39.5 Å². The zero-order valence-electron chi connectivity index (χ0n) is 16.6. The Labute approximate surface area is 165 Å². The number of carbonyl (C=O) groups excluding carboxylic acids is 1. The number of pyridine rings is 1. The van der Waals surface area contributed by atoms with Crippen molar-refractivity contribution in [3.8, 4) is 0 Å². The summed E-state index contributed by atoms with van der Waals surface area (Å²) in [5.74, 6) is 0.482.